The lowest BCUT2D eigenvalue weighted by molar-refractivity contribution is 0.274. The number of nitrogens with zero attached hydrogens (tertiary/aromatic N) is 1. The minimum atomic E-state index is -4.12. The van der Waals surface area contributed by atoms with Gasteiger partial charge in [-0.05, 0) is 30.7 Å². The molecule has 2 rings (SSSR count). The molecule has 0 unspecified atom stereocenters. The molecule has 21 heavy (non-hydrogen) atoms. The highest BCUT2D eigenvalue weighted by atomic mass is 79.9. The van der Waals surface area contributed by atoms with Crippen LogP contribution >= 0.6 is 15.9 Å². The Labute approximate surface area is 130 Å². The van der Waals surface area contributed by atoms with Crippen LogP contribution in [0.1, 0.15) is 11.1 Å². The molecule has 0 atom stereocenters. The molecule has 8 heteroatoms. The van der Waals surface area contributed by atoms with Crippen LogP contribution in [0.2, 0.25) is 0 Å². The molecule has 0 bridgehead atoms. The number of hydrogen-bond acceptors (Lipinski definition) is 4. The molecule has 2 N–H and O–H groups in total. The molecule has 0 aliphatic carbocycles. The quantitative estimate of drug-likeness (QED) is 0.861. The van der Waals surface area contributed by atoms with Gasteiger partial charge in [-0.1, -0.05) is 15.9 Å². The lowest BCUT2D eigenvalue weighted by Crippen LogP contribution is -2.16. The van der Waals surface area contributed by atoms with Crippen molar-refractivity contribution in [2.24, 2.45) is 0 Å². The predicted octanol–water partition coefficient (Wildman–Crippen LogP) is 2.58. The topological polar surface area (TPSA) is 79.3 Å². The van der Waals surface area contributed by atoms with Gasteiger partial charge in [0.1, 0.15) is 10.7 Å². The lowest BCUT2D eigenvalue weighted by atomic mass is 10.2. The Bertz CT molecular complexity index is 781. The van der Waals surface area contributed by atoms with Crippen LogP contribution in [0.4, 0.5) is 10.1 Å². The van der Waals surface area contributed by atoms with Crippen molar-refractivity contribution in [3.8, 4) is 0 Å². The predicted molar refractivity (Wildman–Crippen MR) is 79.8 cm³/mol. The zero-order chi connectivity index (χ0) is 15.6. The van der Waals surface area contributed by atoms with Gasteiger partial charge in [-0.15, -0.1) is 0 Å². The van der Waals surface area contributed by atoms with E-state index < -0.39 is 27.3 Å². The molecular formula is C13H12BrFN2O3S. The largest absolute Gasteiger partial charge is 0.392 e. The number of rotatable bonds is 4. The van der Waals surface area contributed by atoms with E-state index in [0.29, 0.717) is 4.47 Å². The third-order valence-electron chi connectivity index (χ3n) is 2.67. The zero-order valence-corrected chi connectivity index (χ0v) is 13.4. The van der Waals surface area contributed by atoms with Gasteiger partial charge in [-0.2, -0.15) is 0 Å². The van der Waals surface area contributed by atoms with Crippen LogP contribution in [0.5, 0.6) is 0 Å². The van der Waals surface area contributed by atoms with Crippen LogP contribution in [-0.2, 0) is 16.6 Å². The van der Waals surface area contributed by atoms with E-state index in [4.69, 9.17) is 5.11 Å². The first-order chi connectivity index (χ1) is 9.83. The summed E-state index contributed by atoms with van der Waals surface area (Å²) in [5.74, 6) is -0.978. The minimum absolute atomic E-state index is 0.105. The Morgan fingerprint density at radius 1 is 1.33 bits per heavy atom. The maximum Gasteiger partial charge on any atom is 0.264 e. The number of hydrogen-bond donors (Lipinski definition) is 2. The van der Waals surface area contributed by atoms with Crippen molar-refractivity contribution in [2.75, 3.05) is 4.72 Å². The second-order valence-electron chi connectivity index (χ2n) is 4.39. The maximum atomic E-state index is 14.1. The molecule has 5 nitrogen and oxygen atoms in total. The second kappa shape index (κ2) is 6.08. The van der Waals surface area contributed by atoms with E-state index in [-0.39, 0.29) is 11.3 Å². The summed E-state index contributed by atoms with van der Waals surface area (Å²) < 4.78 is 41.3. The van der Waals surface area contributed by atoms with E-state index in [1.165, 1.54) is 12.3 Å². The summed E-state index contributed by atoms with van der Waals surface area (Å²) in [6, 6.07) is 4.04. The Kier molecular flexibility index (Phi) is 4.60. The normalized spacial score (nSPS) is 11.4. The lowest BCUT2D eigenvalue weighted by Gasteiger charge is -2.11. The molecule has 0 saturated carbocycles. The number of aryl methyl sites for hydroxylation is 1. The summed E-state index contributed by atoms with van der Waals surface area (Å²) in [5, 5.41) is 9.07. The van der Waals surface area contributed by atoms with E-state index in [1.807, 2.05) is 0 Å². The standard InChI is InChI=1S/C13H12BrFN2O3S/c1-8-2-11(6-16-5-8)17-21(19,20)12-4-10(14)3-9(7-18)13(12)15/h2-6,17-18H,7H2,1H3. The highest BCUT2D eigenvalue weighted by Crippen LogP contribution is 2.26. The fourth-order valence-electron chi connectivity index (χ4n) is 1.75. The second-order valence-corrected chi connectivity index (χ2v) is 6.96. The van der Waals surface area contributed by atoms with E-state index in [1.54, 1.807) is 19.2 Å². The molecule has 0 saturated heterocycles. The minimum Gasteiger partial charge on any atom is -0.392 e. The average Bonchev–Trinajstić information content (AvgIpc) is 2.40. The number of benzene rings is 1. The van der Waals surface area contributed by atoms with Crippen molar-refractivity contribution in [3.63, 3.8) is 0 Å². The number of aromatic nitrogens is 1. The fourth-order valence-corrected chi connectivity index (χ4v) is 3.59. The van der Waals surface area contributed by atoms with Crippen molar-refractivity contribution in [3.05, 3.63) is 52.0 Å². The van der Waals surface area contributed by atoms with Crippen molar-refractivity contribution >= 4 is 31.6 Å². The van der Waals surface area contributed by atoms with Gasteiger partial charge in [0, 0.05) is 16.2 Å². The number of pyridine rings is 1. The van der Waals surface area contributed by atoms with Gasteiger partial charge in [0.05, 0.1) is 18.5 Å². The number of aliphatic hydroxyl groups is 1. The molecule has 0 amide bonds. The van der Waals surface area contributed by atoms with Crippen LogP contribution in [0, 0.1) is 12.7 Å². The van der Waals surface area contributed by atoms with Crippen molar-refractivity contribution in [1.29, 1.82) is 0 Å². The third kappa shape index (κ3) is 3.58. The van der Waals surface area contributed by atoms with Crippen molar-refractivity contribution < 1.29 is 17.9 Å². The molecule has 1 aromatic carbocycles. The molecular weight excluding hydrogens is 363 g/mol. The first-order valence-electron chi connectivity index (χ1n) is 5.87. The van der Waals surface area contributed by atoms with E-state index >= 15 is 0 Å². The van der Waals surface area contributed by atoms with Crippen LogP contribution < -0.4 is 4.72 Å². The highest BCUT2D eigenvalue weighted by molar-refractivity contribution is 9.10. The molecule has 2 aromatic rings. The Morgan fingerprint density at radius 2 is 2.05 bits per heavy atom. The van der Waals surface area contributed by atoms with Crippen molar-refractivity contribution in [1.82, 2.24) is 4.98 Å². The third-order valence-corrected chi connectivity index (χ3v) is 4.50. The monoisotopic (exact) mass is 374 g/mol. The van der Waals surface area contributed by atoms with Gasteiger partial charge in [0.25, 0.3) is 10.0 Å². The number of halogens is 2. The molecule has 0 radical (unpaired) electrons. The first kappa shape index (κ1) is 15.9. The van der Waals surface area contributed by atoms with Gasteiger partial charge in [-0.25, -0.2) is 12.8 Å². The molecule has 1 heterocycles. The summed E-state index contributed by atoms with van der Waals surface area (Å²) in [6.07, 6.45) is 2.90. The van der Waals surface area contributed by atoms with Crippen LogP contribution in [0.15, 0.2) is 40.0 Å². The summed E-state index contributed by atoms with van der Waals surface area (Å²) in [7, 11) is -4.12. The summed E-state index contributed by atoms with van der Waals surface area (Å²) in [5.41, 5.74) is 0.896. The molecule has 0 aliphatic rings. The van der Waals surface area contributed by atoms with E-state index in [0.717, 1.165) is 11.6 Å². The average molecular weight is 375 g/mol. The van der Waals surface area contributed by atoms with E-state index in [9.17, 15) is 12.8 Å². The smallest absolute Gasteiger partial charge is 0.264 e. The summed E-state index contributed by atoms with van der Waals surface area (Å²) >= 11 is 3.10. The van der Waals surface area contributed by atoms with Gasteiger partial charge < -0.3 is 5.11 Å². The number of aliphatic hydroxyl groups excluding tert-OH is 1. The van der Waals surface area contributed by atoms with Crippen LogP contribution in [0.25, 0.3) is 0 Å². The van der Waals surface area contributed by atoms with Gasteiger partial charge in [-0.3, -0.25) is 9.71 Å². The molecule has 1 aromatic heterocycles. The Hall–Kier alpha value is -1.51. The molecule has 0 spiro atoms. The number of nitrogens with one attached hydrogen (secondary N) is 1. The van der Waals surface area contributed by atoms with Gasteiger partial charge >= 0.3 is 0 Å². The first-order valence-corrected chi connectivity index (χ1v) is 8.14. The fraction of sp³-hybridized carbons (Fsp3) is 0.154. The maximum absolute atomic E-state index is 14.1. The Morgan fingerprint density at radius 3 is 2.67 bits per heavy atom. The van der Waals surface area contributed by atoms with Gasteiger partial charge in [0.2, 0.25) is 0 Å². The van der Waals surface area contributed by atoms with Crippen molar-refractivity contribution in [2.45, 2.75) is 18.4 Å². The van der Waals surface area contributed by atoms with E-state index in [2.05, 4.69) is 25.6 Å². The van der Waals surface area contributed by atoms with Gasteiger partial charge in [0.15, 0.2) is 0 Å². The SMILES string of the molecule is Cc1cncc(NS(=O)(=O)c2cc(Br)cc(CO)c2F)c1. The summed E-state index contributed by atoms with van der Waals surface area (Å²) in [6.45, 7) is 1.16. The van der Waals surface area contributed by atoms with Crippen LogP contribution in [-0.4, -0.2) is 18.5 Å². The zero-order valence-electron chi connectivity index (χ0n) is 11.0. The highest BCUT2D eigenvalue weighted by Gasteiger charge is 2.22. The number of anilines is 1. The molecule has 0 aliphatic heterocycles. The molecule has 112 valence electrons. The van der Waals surface area contributed by atoms with Crippen LogP contribution in [0.3, 0.4) is 0 Å². The number of sulfonamides is 1. The molecule has 0 fully saturated rings. The summed E-state index contributed by atoms with van der Waals surface area (Å²) in [4.78, 5) is 3.33. The Balaban J connectivity index is 2.47.